The third kappa shape index (κ3) is 2.93. The summed E-state index contributed by atoms with van der Waals surface area (Å²) < 4.78 is 0. The van der Waals surface area contributed by atoms with Crippen LogP contribution in [0.2, 0.25) is 0 Å². The summed E-state index contributed by atoms with van der Waals surface area (Å²) in [5, 5.41) is 13.9. The SMILES string of the molecule is Cc1ccsc1CNCCCO. The molecule has 3 heteroatoms. The van der Waals surface area contributed by atoms with Crippen LogP contribution in [0.15, 0.2) is 11.4 Å². The lowest BCUT2D eigenvalue weighted by Gasteiger charge is -2.01. The van der Waals surface area contributed by atoms with Crippen molar-refractivity contribution < 1.29 is 5.11 Å². The number of aliphatic hydroxyl groups is 1. The van der Waals surface area contributed by atoms with E-state index in [1.54, 1.807) is 11.3 Å². The van der Waals surface area contributed by atoms with Crippen molar-refractivity contribution in [3.8, 4) is 0 Å². The van der Waals surface area contributed by atoms with Gasteiger partial charge in [-0.15, -0.1) is 11.3 Å². The third-order valence-electron chi connectivity index (χ3n) is 1.77. The van der Waals surface area contributed by atoms with E-state index in [1.807, 2.05) is 0 Å². The number of hydrogen-bond donors (Lipinski definition) is 2. The minimum Gasteiger partial charge on any atom is -0.396 e. The Kier molecular flexibility index (Phi) is 4.29. The molecule has 2 nitrogen and oxygen atoms in total. The maximum absolute atomic E-state index is 8.54. The Bertz CT molecular complexity index is 222. The zero-order valence-electron chi connectivity index (χ0n) is 7.34. The topological polar surface area (TPSA) is 32.3 Å². The first kappa shape index (κ1) is 9.71. The molecule has 0 atom stereocenters. The second-order valence-electron chi connectivity index (χ2n) is 2.78. The Hall–Kier alpha value is -0.380. The molecule has 0 aliphatic rings. The Morgan fingerprint density at radius 3 is 3.00 bits per heavy atom. The minimum absolute atomic E-state index is 0.274. The van der Waals surface area contributed by atoms with Crippen LogP contribution in [0.5, 0.6) is 0 Å². The van der Waals surface area contributed by atoms with Crippen molar-refractivity contribution in [3.05, 3.63) is 21.9 Å². The van der Waals surface area contributed by atoms with E-state index in [1.165, 1.54) is 10.4 Å². The fourth-order valence-corrected chi connectivity index (χ4v) is 1.87. The van der Waals surface area contributed by atoms with Crippen LogP contribution < -0.4 is 5.32 Å². The molecular formula is C9H15NOS. The number of rotatable bonds is 5. The van der Waals surface area contributed by atoms with Gasteiger partial charge in [-0.2, -0.15) is 0 Å². The van der Waals surface area contributed by atoms with Crippen LogP contribution >= 0.6 is 11.3 Å². The molecule has 0 amide bonds. The van der Waals surface area contributed by atoms with E-state index >= 15 is 0 Å². The van der Waals surface area contributed by atoms with Gasteiger partial charge in [0.1, 0.15) is 0 Å². The number of hydrogen-bond acceptors (Lipinski definition) is 3. The summed E-state index contributed by atoms with van der Waals surface area (Å²) in [4.78, 5) is 1.40. The molecule has 1 aromatic heterocycles. The van der Waals surface area contributed by atoms with Crippen LogP contribution in [0.25, 0.3) is 0 Å². The van der Waals surface area contributed by atoms with E-state index in [0.717, 1.165) is 19.5 Å². The van der Waals surface area contributed by atoms with Gasteiger partial charge in [0.15, 0.2) is 0 Å². The molecule has 12 heavy (non-hydrogen) atoms. The Balaban J connectivity index is 2.20. The predicted molar refractivity (Wildman–Crippen MR) is 52.5 cm³/mol. The molecule has 0 aromatic carbocycles. The van der Waals surface area contributed by atoms with Gasteiger partial charge in [-0.05, 0) is 36.9 Å². The molecule has 0 bridgehead atoms. The highest BCUT2D eigenvalue weighted by molar-refractivity contribution is 7.10. The number of aryl methyl sites for hydroxylation is 1. The van der Waals surface area contributed by atoms with E-state index in [2.05, 4.69) is 23.7 Å². The molecule has 1 rings (SSSR count). The van der Waals surface area contributed by atoms with Crippen LogP contribution in [0.3, 0.4) is 0 Å². The Morgan fingerprint density at radius 2 is 2.42 bits per heavy atom. The van der Waals surface area contributed by atoms with Gasteiger partial charge in [-0.1, -0.05) is 0 Å². The zero-order valence-corrected chi connectivity index (χ0v) is 8.16. The Morgan fingerprint density at radius 1 is 1.58 bits per heavy atom. The van der Waals surface area contributed by atoms with Crippen molar-refractivity contribution >= 4 is 11.3 Å². The summed E-state index contributed by atoms with van der Waals surface area (Å²) in [7, 11) is 0. The van der Waals surface area contributed by atoms with Gasteiger partial charge in [0.05, 0.1) is 0 Å². The van der Waals surface area contributed by atoms with Gasteiger partial charge in [0.2, 0.25) is 0 Å². The molecule has 0 aliphatic heterocycles. The first-order valence-corrected chi connectivity index (χ1v) is 5.07. The summed E-state index contributed by atoms with van der Waals surface area (Å²) in [6.07, 6.45) is 0.838. The molecule has 0 saturated carbocycles. The highest BCUT2D eigenvalue weighted by Gasteiger charge is 1.97. The first-order chi connectivity index (χ1) is 5.84. The standard InChI is InChI=1S/C9H15NOS/c1-8-3-6-12-9(8)7-10-4-2-5-11/h3,6,10-11H,2,4-5,7H2,1H3. The molecule has 1 aromatic rings. The van der Waals surface area contributed by atoms with Crippen molar-refractivity contribution in [2.45, 2.75) is 19.9 Å². The van der Waals surface area contributed by atoms with Gasteiger partial charge in [-0.25, -0.2) is 0 Å². The smallest absolute Gasteiger partial charge is 0.0443 e. The lowest BCUT2D eigenvalue weighted by molar-refractivity contribution is 0.286. The third-order valence-corrected chi connectivity index (χ3v) is 2.79. The van der Waals surface area contributed by atoms with Crippen molar-refractivity contribution in [2.75, 3.05) is 13.2 Å². The van der Waals surface area contributed by atoms with Crippen LogP contribution in [0.1, 0.15) is 16.9 Å². The Labute approximate surface area is 77.2 Å². The summed E-state index contributed by atoms with van der Waals surface area (Å²) in [6, 6.07) is 2.13. The monoisotopic (exact) mass is 185 g/mol. The van der Waals surface area contributed by atoms with E-state index in [4.69, 9.17) is 5.11 Å². The second kappa shape index (κ2) is 5.30. The molecule has 0 unspecified atom stereocenters. The van der Waals surface area contributed by atoms with E-state index in [9.17, 15) is 0 Å². The molecule has 68 valence electrons. The fraction of sp³-hybridized carbons (Fsp3) is 0.556. The first-order valence-electron chi connectivity index (χ1n) is 4.19. The maximum Gasteiger partial charge on any atom is 0.0443 e. The largest absolute Gasteiger partial charge is 0.396 e. The average Bonchev–Trinajstić information content (AvgIpc) is 2.46. The van der Waals surface area contributed by atoms with Crippen molar-refractivity contribution in [1.82, 2.24) is 5.32 Å². The number of nitrogens with one attached hydrogen (secondary N) is 1. The molecule has 0 radical (unpaired) electrons. The number of aliphatic hydroxyl groups excluding tert-OH is 1. The zero-order chi connectivity index (χ0) is 8.81. The quantitative estimate of drug-likeness (QED) is 0.682. The van der Waals surface area contributed by atoms with E-state index in [0.29, 0.717) is 0 Å². The van der Waals surface area contributed by atoms with Crippen molar-refractivity contribution in [2.24, 2.45) is 0 Å². The van der Waals surface area contributed by atoms with Crippen LogP contribution in [-0.4, -0.2) is 18.3 Å². The summed E-state index contributed by atoms with van der Waals surface area (Å²) >= 11 is 1.78. The molecule has 0 fully saturated rings. The second-order valence-corrected chi connectivity index (χ2v) is 3.78. The fourth-order valence-electron chi connectivity index (χ4n) is 0.991. The molecule has 1 heterocycles. The van der Waals surface area contributed by atoms with E-state index in [-0.39, 0.29) is 6.61 Å². The molecule has 0 aliphatic carbocycles. The molecule has 0 spiro atoms. The lowest BCUT2D eigenvalue weighted by Crippen LogP contribution is -2.15. The highest BCUT2D eigenvalue weighted by atomic mass is 32.1. The molecule has 2 N–H and O–H groups in total. The molecule has 0 saturated heterocycles. The predicted octanol–water partition coefficient (Wildman–Crippen LogP) is 1.53. The van der Waals surface area contributed by atoms with Crippen molar-refractivity contribution in [1.29, 1.82) is 0 Å². The summed E-state index contributed by atoms with van der Waals surface area (Å²) in [6.45, 7) is 4.23. The normalized spacial score (nSPS) is 10.5. The molecular weight excluding hydrogens is 170 g/mol. The maximum atomic E-state index is 8.54. The highest BCUT2D eigenvalue weighted by Crippen LogP contribution is 2.14. The van der Waals surface area contributed by atoms with Gasteiger partial charge in [0, 0.05) is 18.0 Å². The number of thiophene rings is 1. The van der Waals surface area contributed by atoms with Crippen LogP contribution in [0, 0.1) is 6.92 Å². The van der Waals surface area contributed by atoms with Gasteiger partial charge in [0.25, 0.3) is 0 Å². The average molecular weight is 185 g/mol. The van der Waals surface area contributed by atoms with Crippen molar-refractivity contribution in [3.63, 3.8) is 0 Å². The van der Waals surface area contributed by atoms with Crippen LogP contribution in [-0.2, 0) is 6.54 Å². The van der Waals surface area contributed by atoms with Gasteiger partial charge >= 0.3 is 0 Å². The van der Waals surface area contributed by atoms with Gasteiger partial charge in [-0.3, -0.25) is 0 Å². The van der Waals surface area contributed by atoms with E-state index < -0.39 is 0 Å². The van der Waals surface area contributed by atoms with Crippen LogP contribution in [0.4, 0.5) is 0 Å². The summed E-state index contributed by atoms with van der Waals surface area (Å²) in [5.74, 6) is 0. The van der Waals surface area contributed by atoms with Gasteiger partial charge < -0.3 is 10.4 Å². The lowest BCUT2D eigenvalue weighted by atomic mass is 10.3. The minimum atomic E-state index is 0.274. The summed E-state index contributed by atoms with van der Waals surface area (Å²) in [5.41, 5.74) is 1.36.